The average molecular weight is 327 g/mol. The Morgan fingerprint density at radius 2 is 2.19 bits per heavy atom. The summed E-state index contributed by atoms with van der Waals surface area (Å²) in [5.74, 6) is 1.54. The van der Waals surface area contributed by atoms with Crippen molar-refractivity contribution in [2.75, 3.05) is 25.4 Å². The van der Waals surface area contributed by atoms with Gasteiger partial charge in [0.1, 0.15) is 11.5 Å². The quantitative estimate of drug-likeness (QED) is 0.826. The lowest BCUT2D eigenvalue weighted by atomic mass is 10.1. The number of nitrogens with one attached hydrogen (secondary N) is 1. The summed E-state index contributed by atoms with van der Waals surface area (Å²) in [6, 6.07) is 5.48. The first-order valence-electron chi connectivity index (χ1n) is 6.21. The van der Waals surface area contributed by atoms with E-state index in [-0.39, 0.29) is 18.2 Å². The number of aromatic nitrogens is 1. The molecule has 1 aromatic heterocycles. The van der Waals surface area contributed by atoms with Crippen LogP contribution in [0.25, 0.3) is 11.3 Å². The van der Waals surface area contributed by atoms with Crippen LogP contribution >= 0.6 is 22.9 Å². The average Bonchev–Trinajstić information content (AvgIpc) is 2.95. The maximum atomic E-state index is 11.5. The highest BCUT2D eigenvalue weighted by Crippen LogP contribution is 2.34. The maximum absolute atomic E-state index is 11.5. The van der Waals surface area contributed by atoms with Crippen LogP contribution in [0.2, 0.25) is 0 Å². The maximum Gasteiger partial charge on any atom is 0.227 e. The minimum atomic E-state index is -0.150. The standard InChI is InChI=1S/C14H15ClN2O3S/c1-19-9-3-4-12(20-2)10(7-9)11-8-21-14(16-11)17-13(18)5-6-15/h3-4,7-8H,5-6H2,1-2H3,(H,16,17,18). The van der Waals surface area contributed by atoms with Gasteiger partial charge in [0.15, 0.2) is 5.13 Å². The van der Waals surface area contributed by atoms with Crippen molar-refractivity contribution in [3.63, 3.8) is 0 Å². The Morgan fingerprint density at radius 1 is 1.38 bits per heavy atom. The molecule has 1 N–H and O–H groups in total. The van der Waals surface area contributed by atoms with Gasteiger partial charge in [0.2, 0.25) is 5.91 Å². The van der Waals surface area contributed by atoms with Crippen LogP contribution in [0.5, 0.6) is 11.5 Å². The van der Waals surface area contributed by atoms with Crippen LogP contribution in [-0.4, -0.2) is 31.0 Å². The second-order valence-electron chi connectivity index (χ2n) is 4.09. The molecule has 2 rings (SSSR count). The highest BCUT2D eigenvalue weighted by molar-refractivity contribution is 7.14. The number of amides is 1. The van der Waals surface area contributed by atoms with Crippen molar-refractivity contribution in [2.24, 2.45) is 0 Å². The molecule has 0 aliphatic carbocycles. The van der Waals surface area contributed by atoms with Crippen LogP contribution in [0.1, 0.15) is 6.42 Å². The van der Waals surface area contributed by atoms with Crippen molar-refractivity contribution in [3.05, 3.63) is 23.6 Å². The Bertz CT molecular complexity index is 630. The van der Waals surface area contributed by atoms with Gasteiger partial charge >= 0.3 is 0 Å². The normalized spacial score (nSPS) is 10.2. The van der Waals surface area contributed by atoms with E-state index in [1.807, 2.05) is 23.6 Å². The van der Waals surface area contributed by atoms with E-state index in [9.17, 15) is 4.79 Å². The molecule has 0 spiro atoms. The van der Waals surface area contributed by atoms with Gasteiger partial charge in [-0.1, -0.05) is 0 Å². The number of rotatable bonds is 6. The Morgan fingerprint density at radius 3 is 2.86 bits per heavy atom. The van der Waals surface area contributed by atoms with Gasteiger partial charge in [0.25, 0.3) is 0 Å². The Balaban J connectivity index is 2.26. The van der Waals surface area contributed by atoms with Crippen molar-refractivity contribution >= 4 is 34.0 Å². The Kier molecular flexibility index (Phi) is 5.41. The molecule has 0 saturated heterocycles. The van der Waals surface area contributed by atoms with Gasteiger partial charge in [-0.25, -0.2) is 4.98 Å². The summed E-state index contributed by atoms with van der Waals surface area (Å²) < 4.78 is 10.5. The molecule has 1 amide bonds. The second kappa shape index (κ2) is 7.28. The number of anilines is 1. The van der Waals surface area contributed by atoms with Crippen LogP contribution in [0.15, 0.2) is 23.6 Å². The first-order chi connectivity index (χ1) is 10.2. The highest BCUT2D eigenvalue weighted by atomic mass is 35.5. The molecule has 0 aliphatic rings. The zero-order valence-electron chi connectivity index (χ0n) is 11.7. The lowest BCUT2D eigenvalue weighted by Gasteiger charge is -2.08. The largest absolute Gasteiger partial charge is 0.497 e. The molecule has 7 heteroatoms. The lowest BCUT2D eigenvalue weighted by Crippen LogP contribution is -2.11. The smallest absolute Gasteiger partial charge is 0.227 e. The third-order valence-electron chi connectivity index (χ3n) is 2.75. The molecule has 0 bridgehead atoms. The first-order valence-corrected chi connectivity index (χ1v) is 7.63. The summed E-state index contributed by atoms with van der Waals surface area (Å²) >= 11 is 6.88. The molecule has 5 nitrogen and oxygen atoms in total. The summed E-state index contributed by atoms with van der Waals surface area (Å²) in [4.78, 5) is 15.9. The van der Waals surface area contributed by atoms with Crippen molar-refractivity contribution in [3.8, 4) is 22.8 Å². The van der Waals surface area contributed by atoms with E-state index in [0.717, 1.165) is 11.3 Å². The number of methoxy groups -OCH3 is 2. The molecule has 0 saturated carbocycles. The number of carbonyl (C=O) groups excluding carboxylic acids is 1. The fraction of sp³-hybridized carbons (Fsp3) is 0.286. The molecular weight excluding hydrogens is 312 g/mol. The summed E-state index contributed by atoms with van der Waals surface area (Å²) in [5, 5.41) is 5.10. The number of halogens is 1. The van der Waals surface area contributed by atoms with Crippen molar-refractivity contribution in [1.29, 1.82) is 0 Å². The van der Waals surface area contributed by atoms with E-state index in [1.165, 1.54) is 11.3 Å². The predicted molar refractivity (Wildman–Crippen MR) is 84.6 cm³/mol. The van der Waals surface area contributed by atoms with Crippen molar-refractivity contribution in [2.45, 2.75) is 6.42 Å². The zero-order valence-corrected chi connectivity index (χ0v) is 13.3. The van der Waals surface area contributed by atoms with Gasteiger partial charge in [-0.15, -0.1) is 22.9 Å². The summed E-state index contributed by atoms with van der Waals surface area (Å²) in [5.41, 5.74) is 1.53. The molecule has 1 heterocycles. The van der Waals surface area contributed by atoms with Crippen LogP contribution < -0.4 is 14.8 Å². The van der Waals surface area contributed by atoms with Crippen LogP contribution in [0.3, 0.4) is 0 Å². The fourth-order valence-corrected chi connectivity index (χ4v) is 2.64. The number of hydrogen-bond acceptors (Lipinski definition) is 5. The molecule has 2 aromatic rings. The number of ether oxygens (including phenoxy) is 2. The Hall–Kier alpha value is -1.79. The number of alkyl halides is 1. The van der Waals surface area contributed by atoms with Gasteiger partial charge in [-0.2, -0.15) is 0 Å². The second-order valence-corrected chi connectivity index (χ2v) is 5.33. The van der Waals surface area contributed by atoms with E-state index < -0.39 is 0 Å². The lowest BCUT2D eigenvalue weighted by molar-refractivity contribution is -0.115. The topological polar surface area (TPSA) is 60.5 Å². The van der Waals surface area contributed by atoms with E-state index in [1.54, 1.807) is 14.2 Å². The third-order valence-corrected chi connectivity index (χ3v) is 3.70. The number of nitrogens with zero attached hydrogens (tertiary/aromatic N) is 1. The number of thiazole rings is 1. The van der Waals surface area contributed by atoms with Gasteiger partial charge < -0.3 is 14.8 Å². The van der Waals surface area contributed by atoms with E-state index in [4.69, 9.17) is 21.1 Å². The fourth-order valence-electron chi connectivity index (χ4n) is 1.74. The summed E-state index contributed by atoms with van der Waals surface area (Å²) in [7, 11) is 3.20. The minimum absolute atomic E-state index is 0.150. The minimum Gasteiger partial charge on any atom is -0.497 e. The Labute approximate surface area is 131 Å². The number of benzene rings is 1. The van der Waals surface area contributed by atoms with Crippen LogP contribution in [0, 0.1) is 0 Å². The SMILES string of the molecule is COc1ccc(OC)c(-c2csc(NC(=O)CCCl)n2)c1. The zero-order chi connectivity index (χ0) is 15.2. The first kappa shape index (κ1) is 15.6. The third kappa shape index (κ3) is 3.86. The van der Waals surface area contributed by atoms with E-state index in [2.05, 4.69) is 10.3 Å². The monoisotopic (exact) mass is 326 g/mol. The van der Waals surface area contributed by atoms with Gasteiger partial charge in [-0.05, 0) is 18.2 Å². The molecule has 0 fully saturated rings. The summed E-state index contributed by atoms with van der Waals surface area (Å²) in [6.07, 6.45) is 0.263. The molecule has 21 heavy (non-hydrogen) atoms. The molecule has 0 unspecified atom stereocenters. The van der Waals surface area contributed by atoms with Crippen molar-refractivity contribution in [1.82, 2.24) is 4.98 Å². The van der Waals surface area contributed by atoms with Gasteiger partial charge in [-0.3, -0.25) is 4.79 Å². The molecule has 112 valence electrons. The van der Waals surface area contributed by atoms with E-state index >= 15 is 0 Å². The van der Waals surface area contributed by atoms with Gasteiger partial charge in [0.05, 0.1) is 19.9 Å². The molecule has 0 aliphatic heterocycles. The van der Waals surface area contributed by atoms with Crippen LogP contribution in [0.4, 0.5) is 5.13 Å². The molecule has 0 atom stereocenters. The van der Waals surface area contributed by atoms with Crippen LogP contribution in [-0.2, 0) is 4.79 Å². The van der Waals surface area contributed by atoms with Gasteiger partial charge in [0, 0.05) is 23.2 Å². The van der Waals surface area contributed by atoms with E-state index in [0.29, 0.717) is 16.6 Å². The highest BCUT2D eigenvalue weighted by Gasteiger charge is 2.12. The number of carbonyl (C=O) groups is 1. The number of hydrogen-bond donors (Lipinski definition) is 1. The molecular formula is C14H15ClN2O3S. The van der Waals surface area contributed by atoms with Crippen molar-refractivity contribution < 1.29 is 14.3 Å². The molecule has 1 aromatic carbocycles. The molecule has 0 radical (unpaired) electrons. The predicted octanol–water partition coefficient (Wildman–Crippen LogP) is 3.39. The summed E-state index contributed by atoms with van der Waals surface area (Å²) in [6.45, 7) is 0.